The van der Waals surface area contributed by atoms with E-state index in [1.54, 1.807) is 18.2 Å². The number of benzene rings is 2. The summed E-state index contributed by atoms with van der Waals surface area (Å²) in [7, 11) is -3.81. The number of carbonyl (C=O) groups excluding carboxylic acids is 2. The van der Waals surface area contributed by atoms with E-state index < -0.39 is 15.6 Å². The average Bonchev–Trinajstić information content (AvgIpc) is 3.21. The van der Waals surface area contributed by atoms with E-state index in [0.29, 0.717) is 55.6 Å². The number of nitrogens with one attached hydrogen (secondary N) is 1. The van der Waals surface area contributed by atoms with Gasteiger partial charge in [-0.05, 0) is 69.5 Å². The summed E-state index contributed by atoms with van der Waals surface area (Å²) < 4.78 is 50.1. The Balaban J connectivity index is 1.48. The molecule has 3 rings (SSSR count). The Bertz CT molecular complexity index is 1560. The van der Waals surface area contributed by atoms with E-state index in [4.69, 9.17) is 29.5 Å². The first-order chi connectivity index (χ1) is 23.3. The number of amidine groups is 1. The normalized spacial score (nSPS) is 13.2. The van der Waals surface area contributed by atoms with Crippen molar-refractivity contribution in [1.82, 2.24) is 9.79 Å². The van der Waals surface area contributed by atoms with Gasteiger partial charge in [0.05, 0.1) is 63.3 Å². The van der Waals surface area contributed by atoms with E-state index in [9.17, 15) is 18.0 Å². The Labute approximate surface area is 289 Å². The lowest BCUT2D eigenvalue weighted by atomic mass is 10.0. The van der Waals surface area contributed by atoms with Crippen LogP contribution in [0.25, 0.3) is 17.2 Å². The third-order valence-electron chi connectivity index (χ3n) is 6.84. The number of ether oxygens (including phenoxy) is 4. The van der Waals surface area contributed by atoms with E-state index in [2.05, 4.69) is 9.71 Å². The van der Waals surface area contributed by atoms with Gasteiger partial charge in [0.25, 0.3) is 5.91 Å². The highest BCUT2D eigenvalue weighted by atomic mass is 32.2. The maximum absolute atomic E-state index is 13.2. The number of rotatable bonds is 20. The van der Waals surface area contributed by atoms with Gasteiger partial charge >= 0.3 is 5.97 Å². The maximum Gasteiger partial charge on any atom is 0.308 e. The van der Waals surface area contributed by atoms with Crippen molar-refractivity contribution in [3.8, 4) is 11.1 Å². The number of sulfonamides is 1. The van der Waals surface area contributed by atoms with E-state index in [0.717, 1.165) is 17.5 Å². The van der Waals surface area contributed by atoms with Gasteiger partial charge in [-0.1, -0.05) is 31.2 Å². The number of carbonyl (C=O) groups is 2. The molecule has 2 aromatic rings. The third-order valence-corrected chi connectivity index (χ3v) is 8.30. The van der Waals surface area contributed by atoms with Crippen molar-refractivity contribution in [2.75, 3.05) is 59.3 Å². The topological polar surface area (TPSA) is 168 Å². The van der Waals surface area contributed by atoms with Crippen LogP contribution in [-0.4, -0.2) is 96.1 Å². The van der Waals surface area contributed by atoms with Crippen LogP contribution in [0.2, 0.25) is 0 Å². The van der Waals surface area contributed by atoms with Crippen LogP contribution in [0, 0.1) is 0 Å². The lowest BCUT2D eigenvalue weighted by Crippen LogP contribution is -2.34. The summed E-state index contributed by atoms with van der Waals surface area (Å²) in [4.78, 5) is 35.0. The number of fused-ring (bicyclic) bond motifs is 1. The van der Waals surface area contributed by atoms with Gasteiger partial charge in [0.15, 0.2) is 0 Å². The molecular weight excluding hydrogens is 652 g/mol. The van der Waals surface area contributed by atoms with Crippen LogP contribution in [0.4, 0.5) is 5.69 Å². The fraction of sp³-hybridized carbons (Fsp3) is 0.514. The number of hydrogen-bond acceptors (Lipinski definition) is 11. The summed E-state index contributed by atoms with van der Waals surface area (Å²) in [6, 6.07) is 12.1. The molecular formula is C35H50N4O9S. The molecule has 1 heterocycles. The van der Waals surface area contributed by atoms with Gasteiger partial charge in [-0.3, -0.25) is 14.4 Å². The van der Waals surface area contributed by atoms with Gasteiger partial charge in [-0.15, -0.1) is 0 Å². The highest BCUT2D eigenvalue weighted by molar-refractivity contribution is 7.89. The number of nitrogens with two attached hydrogens (primary N) is 1. The van der Waals surface area contributed by atoms with E-state index in [1.165, 1.54) is 11.1 Å². The Morgan fingerprint density at radius 2 is 1.61 bits per heavy atom. The number of aliphatic imine (C=N–C) groups is 1. The quantitative estimate of drug-likeness (QED) is 0.115. The van der Waals surface area contributed by atoms with Gasteiger partial charge in [-0.2, -0.15) is 0 Å². The highest BCUT2D eigenvalue weighted by Gasteiger charge is 2.22. The monoisotopic (exact) mass is 702 g/mol. The molecule has 1 amide bonds. The molecule has 0 radical (unpaired) electrons. The van der Waals surface area contributed by atoms with Crippen LogP contribution in [0.5, 0.6) is 0 Å². The number of hydrogen-bond donors (Lipinski definition) is 2. The summed E-state index contributed by atoms with van der Waals surface area (Å²) in [5.74, 6) is -0.270. The lowest BCUT2D eigenvalue weighted by Gasteiger charge is -2.21. The van der Waals surface area contributed by atoms with Gasteiger partial charge in [0.2, 0.25) is 10.0 Å². The Morgan fingerprint density at radius 3 is 2.29 bits per heavy atom. The number of nitrogens with zero attached hydrogens (tertiary/aromatic N) is 2. The largest absolute Gasteiger partial charge is 0.460 e. The number of esters is 1. The molecule has 270 valence electrons. The zero-order valence-electron chi connectivity index (χ0n) is 29.2. The summed E-state index contributed by atoms with van der Waals surface area (Å²) in [5, 5.41) is 1.36. The fourth-order valence-electron chi connectivity index (χ4n) is 4.72. The number of amides is 1. The molecule has 0 fully saturated rings. The lowest BCUT2D eigenvalue weighted by molar-refractivity contribution is -0.180. The molecule has 0 saturated heterocycles. The van der Waals surface area contributed by atoms with Crippen LogP contribution in [0.15, 0.2) is 57.9 Å². The van der Waals surface area contributed by atoms with Crippen molar-refractivity contribution in [1.29, 1.82) is 0 Å². The van der Waals surface area contributed by atoms with E-state index in [-0.39, 0.29) is 56.0 Å². The van der Waals surface area contributed by atoms with Crippen LogP contribution < -0.4 is 10.5 Å². The molecule has 0 aliphatic carbocycles. The van der Waals surface area contributed by atoms with Crippen molar-refractivity contribution < 1.29 is 41.8 Å². The molecule has 3 N–H and O–H groups in total. The highest BCUT2D eigenvalue weighted by Crippen LogP contribution is 2.33. The predicted octanol–water partition coefficient (Wildman–Crippen LogP) is 4.38. The average molecular weight is 703 g/mol. The zero-order valence-corrected chi connectivity index (χ0v) is 30.0. The molecule has 0 aromatic heterocycles. The van der Waals surface area contributed by atoms with E-state index in [1.807, 2.05) is 58.9 Å². The van der Waals surface area contributed by atoms with Crippen molar-refractivity contribution in [3.63, 3.8) is 0 Å². The van der Waals surface area contributed by atoms with Crippen molar-refractivity contribution in [3.05, 3.63) is 53.6 Å². The first-order valence-corrected chi connectivity index (χ1v) is 18.0. The summed E-state index contributed by atoms with van der Waals surface area (Å²) >= 11 is 0. The van der Waals surface area contributed by atoms with Gasteiger partial charge in [0, 0.05) is 30.6 Å². The summed E-state index contributed by atoms with van der Waals surface area (Å²) in [5.41, 5.74) is 8.89. The van der Waals surface area contributed by atoms with E-state index >= 15 is 0 Å². The van der Waals surface area contributed by atoms with Crippen LogP contribution in [0.3, 0.4) is 0 Å². The first kappa shape index (κ1) is 39.8. The van der Waals surface area contributed by atoms with Crippen molar-refractivity contribution in [2.45, 2.75) is 64.4 Å². The summed E-state index contributed by atoms with van der Waals surface area (Å²) in [6.07, 6.45) is 2.88. The zero-order chi connectivity index (χ0) is 35.9. The molecule has 1 aliphatic rings. The molecule has 14 heteroatoms. The molecule has 0 saturated carbocycles. The van der Waals surface area contributed by atoms with Crippen LogP contribution in [0.1, 0.15) is 59.4 Å². The second-order valence-electron chi connectivity index (χ2n) is 12.1. The van der Waals surface area contributed by atoms with Gasteiger partial charge in [0.1, 0.15) is 11.4 Å². The minimum absolute atomic E-state index is 0.0829. The molecule has 13 nitrogen and oxygen atoms in total. The summed E-state index contributed by atoms with van der Waals surface area (Å²) in [6.45, 7) is 11.8. The molecule has 2 aromatic carbocycles. The van der Waals surface area contributed by atoms with Crippen molar-refractivity contribution >= 4 is 39.5 Å². The minimum atomic E-state index is -3.81. The molecule has 0 bridgehead atoms. The molecule has 49 heavy (non-hydrogen) atoms. The Morgan fingerprint density at radius 1 is 0.939 bits per heavy atom. The van der Waals surface area contributed by atoms with Crippen LogP contribution in [-0.2, 0) is 43.4 Å². The van der Waals surface area contributed by atoms with Crippen molar-refractivity contribution in [2.24, 2.45) is 10.7 Å². The predicted molar refractivity (Wildman–Crippen MR) is 187 cm³/mol. The SMILES string of the molecule is CCCN(OCC)C(=O)C1=Cc2ccc(-c3cccc(S(=O)(=O)NCCOCCOCCOCCC(=O)OC(C)(C)C)c3)cc2N=C(N)C1. The molecule has 1 aliphatic heterocycles. The standard InChI is InChI=1S/C35H50N4O9S/c1-6-15-39(47-7-2)34(41)29-22-28-12-11-27(24-31(28)38-32(36)25-29)26-9-8-10-30(23-26)49(42,43)37-14-17-45-19-21-46-20-18-44-16-13-33(40)48-35(3,4)5/h8-12,22-24,37H,6-7,13-21,25H2,1-5H3,(H2,36,38). The fourth-order valence-corrected chi connectivity index (χ4v) is 5.77. The first-order valence-electron chi connectivity index (χ1n) is 16.5. The minimum Gasteiger partial charge on any atom is -0.460 e. The maximum atomic E-state index is 13.2. The van der Waals surface area contributed by atoms with Gasteiger partial charge < -0.3 is 24.7 Å². The molecule has 0 unspecified atom stereocenters. The second kappa shape index (κ2) is 19.5. The van der Waals surface area contributed by atoms with Gasteiger partial charge in [-0.25, -0.2) is 23.2 Å². The molecule has 0 spiro atoms. The Kier molecular flexibility index (Phi) is 15.8. The van der Waals surface area contributed by atoms with Crippen LogP contribution >= 0.6 is 0 Å². The Hall–Kier alpha value is -3.66. The second-order valence-corrected chi connectivity index (χ2v) is 13.9. The smallest absolute Gasteiger partial charge is 0.308 e. The third kappa shape index (κ3) is 13.6. The number of hydroxylamine groups is 2. The molecule has 0 atom stereocenters.